The van der Waals surface area contributed by atoms with Crippen LogP contribution in [-0.4, -0.2) is 97.3 Å². The van der Waals surface area contributed by atoms with Crippen molar-refractivity contribution >= 4 is 29.7 Å². The zero-order valence-corrected chi connectivity index (χ0v) is 33.1. The maximum absolute atomic E-state index is 13.5. The van der Waals surface area contributed by atoms with Gasteiger partial charge in [-0.2, -0.15) is 0 Å². The van der Waals surface area contributed by atoms with E-state index in [1.807, 2.05) is 62.9 Å². The summed E-state index contributed by atoms with van der Waals surface area (Å²) in [5.74, 6) is 3.14. The number of benzene rings is 1. The Morgan fingerprint density at radius 3 is 1.51 bits per heavy atom. The minimum Gasteiger partial charge on any atom is -0.480 e. The fourth-order valence-electron chi connectivity index (χ4n) is 6.39. The van der Waals surface area contributed by atoms with Crippen molar-refractivity contribution in [3.05, 3.63) is 35.9 Å². The number of aliphatic imine (C=N–C) groups is 4. The average molecular weight is 712 g/mol. The van der Waals surface area contributed by atoms with Crippen LogP contribution in [0, 0.1) is 11.8 Å². The van der Waals surface area contributed by atoms with E-state index in [-0.39, 0.29) is 36.6 Å². The molecule has 0 aliphatic carbocycles. The molecule has 286 valence electrons. The van der Waals surface area contributed by atoms with Gasteiger partial charge < -0.3 is 28.6 Å². The normalized spacial score (nSPS) is 23.2. The van der Waals surface area contributed by atoms with E-state index in [4.69, 9.17) is 43.7 Å². The first-order chi connectivity index (χ1) is 24.4. The number of carbonyl (C=O) groups excluding carboxylic acids is 1. The van der Waals surface area contributed by atoms with Gasteiger partial charge in [0.1, 0.15) is 29.8 Å². The SMILES string of the molecule is CCOC1=N[C@@](C)(CCCCN(CCCC[C@]2(C)N=C(OCC)[C@@H](C(C)C)N=C2OCC)C(=O)OCc2ccccc2)C(OCC)=N[C@@H]1C(C)C. The van der Waals surface area contributed by atoms with Crippen molar-refractivity contribution in [3.63, 3.8) is 0 Å². The predicted octanol–water partition coefficient (Wildman–Crippen LogP) is 8.30. The quantitative estimate of drug-likeness (QED) is 0.142. The second kappa shape index (κ2) is 20.4. The highest BCUT2D eigenvalue weighted by Gasteiger charge is 2.41. The monoisotopic (exact) mass is 711 g/mol. The molecule has 11 heteroatoms. The fourth-order valence-corrected chi connectivity index (χ4v) is 6.39. The topological polar surface area (TPSA) is 116 Å². The second-order valence-corrected chi connectivity index (χ2v) is 14.4. The van der Waals surface area contributed by atoms with E-state index < -0.39 is 11.1 Å². The molecule has 0 bridgehead atoms. The fraction of sp³-hybridized carbons (Fsp3) is 0.725. The van der Waals surface area contributed by atoms with E-state index in [2.05, 4.69) is 41.5 Å². The Balaban J connectivity index is 1.69. The highest BCUT2D eigenvalue weighted by atomic mass is 16.6. The van der Waals surface area contributed by atoms with Gasteiger partial charge in [-0.1, -0.05) is 58.0 Å². The lowest BCUT2D eigenvalue weighted by Crippen LogP contribution is -2.45. The number of carbonyl (C=O) groups is 1. The molecule has 0 spiro atoms. The number of unbranched alkanes of at least 4 members (excludes halogenated alkanes) is 2. The van der Waals surface area contributed by atoms with Crippen LogP contribution in [0.2, 0.25) is 0 Å². The van der Waals surface area contributed by atoms with Crippen LogP contribution in [0.3, 0.4) is 0 Å². The summed E-state index contributed by atoms with van der Waals surface area (Å²) in [6, 6.07) is 9.46. The molecule has 2 aliphatic heterocycles. The zero-order chi connectivity index (χ0) is 37.4. The molecule has 11 nitrogen and oxygen atoms in total. The maximum atomic E-state index is 13.5. The van der Waals surface area contributed by atoms with Crippen molar-refractivity contribution < 1.29 is 28.5 Å². The van der Waals surface area contributed by atoms with Crippen LogP contribution in [0.1, 0.15) is 113 Å². The molecule has 1 aromatic carbocycles. The number of hydrogen-bond acceptors (Lipinski definition) is 10. The van der Waals surface area contributed by atoms with Crippen LogP contribution in [0.4, 0.5) is 4.79 Å². The van der Waals surface area contributed by atoms with Gasteiger partial charge >= 0.3 is 6.09 Å². The molecule has 4 atom stereocenters. The lowest BCUT2D eigenvalue weighted by molar-refractivity contribution is 0.0944. The van der Waals surface area contributed by atoms with E-state index in [1.54, 1.807) is 0 Å². The Bertz CT molecular complexity index is 1270. The van der Waals surface area contributed by atoms with Gasteiger partial charge in [-0.3, -0.25) is 0 Å². The third-order valence-electron chi connectivity index (χ3n) is 9.21. The van der Waals surface area contributed by atoms with Gasteiger partial charge in [0.2, 0.25) is 23.6 Å². The Morgan fingerprint density at radius 2 is 1.12 bits per heavy atom. The largest absolute Gasteiger partial charge is 0.480 e. The molecule has 1 amide bonds. The number of ether oxygens (including phenoxy) is 5. The van der Waals surface area contributed by atoms with E-state index in [0.717, 1.165) is 44.1 Å². The third kappa shape index (κ3) is 12.0. The molecule has 2 aliphatic rings. The highest BCUT2D eigenvalue weighted by molar-refractivity contribution is 5.97. The Hall–Kier alpha value is -3.63. The lowest BCUT2D eigenvalue weighted by Gasteiger charge is -2.35. The van der Waals surface area contributed by atoms with Gasteiger partial charge in [-0.15, -0.1) is 0 Å². The molecule has 0 aromatic heterocycles. The summed E-state index contributed by atoms with van der Waals surface area (Å²) in [4.78, 5) is 35.4. The molecule has 3 rings (SSSR count). The van der Waals surface area contributed by atoms with Crippen molar-refractivity contribution in [1.82, 2.24) is 4.90 Å². The van der Waals surface area contributed by atoms with Crippen molar-refractivity contribution in [3.8, 4) is 0 Å². The Labute approximate surface area is 307 Å². The number of rotatable bonds is 18. The van der Waals surface area contributed by atoms with E-state index >= 15 is 0 Å². The summed E-state index contributed by atoms with van der Waals surface area (Å²) >= 11 is 0. The van der Waals surface area contributed by atoms with Crippen LogP contribution in [0.5, 0.6) is 0 Å². The molecule has 0 fully saturated rings. The maximum Gasteiger partial charge on any atom is 0.410 e. The van der Waals surface area contributed by atoms with Gasteiger partial charge in [-0.25, -0.2) is 24.8 Å². The highest BCUT2D eigenvalue weighted by Crippen LogP contribution is 2.31. The van der Waals surface area contributed by atoms with Crippen molar-refractivity contribution in [2.45, 2.75) is 138 Å². The molecule has 1 aromatic rings. The minimum absolute atomic E-state index is 0.158. The summed E-state index contributed by atoms with van der Waals surface area (Å²) in [6.07, 6.45) is 4.31. The van der Waals surface area contributed by atoms with Gasteiger partial charge in [0.25, 0.3) is 0 Å². The molecule has 2 heterocycles. The van der Waals surface area contributed by atoms with E-state index in [9.17, 15) is 4.79 Å². The Kier molecular flexibility index (Phi) is 16.7. The van der Waals surface area contributed by atoms with Crippen molar-refractivity contribution in [2.75, 3.05) is 39.5 Å². The van der Waals surface area contributed by atoms with Gasteiger partial charge in [0.15, 0.2) is 0 Å². The van der Waals surface area contributed by atoms with Crippen LogP contribution < -0.4 is 0 Å². The molecule has 0 unspecified atom stereocenters. The van der Waals surface area contributed by atoms with Gasteiger partial charge in [-0.05, 0) is 97.5 Å². The Morgan fingerprint density at radius 1 is 0.686 bits per heavy atom. The molecular formula is C40H65N5O6. The van der Waals surface area contributed by atoms with Crippen molar-refractivity contribution in [1.29, 1.82) is 0 Å². The summed E-state index contributed by atoms with van der Waals surface area (Å²) < 4.78 is 29.8. The summed E-state index contributed by atoms with van der Waals surface area (Å²) in [6.45, 7) is 24.0. The lowest BCUT2D eigenvalue weighted by atomic mass is 9.91. The molecule has 0 N–H and O–H groups in total. The standard InChI is InChI=1S/C40H65N5O6/c1-11-47-34-32(29(5)6)41-36(49-13-3)39(9,43-34)24-18-20-26-45(38(46)51-28-31-22-16-15-17-23-31)27-21-19-25-40(10)37(50-14-4)42-33(30(7)8)35(44-40)48-12-2/h15-17,22-23,29-30,32-33H,11-14,18-21,24-28H2,1-10H3/t32-,33-,39+,40+/m1/s1. The zero-order valence-electron chi connectivity index (χ0n) is 33.1. The second-order valence-electron chi connectivity index (χ2n) is 14.4. The van der Waals surface area contributed by atoms with Crippen LogP contribution in [-0.2, 0) is 30.3 Å². The summed E-state index contributed by atoms with van der Waals surface area (Å²) in [5.41, 5.74) is -0.304. The van der Waals surface area contributed by atoms with Gasteiger partial charge in [0, 0.05) is 13.1 Å². The predicted molar refractivity (Wildman–Crippen MR) is 206 cm³/mol. The summed E-state index contributed by atoms with van der Waals surface area (Å²) in [5, 5.41) is 0. The molecule has 51 heavy (non-hydrogen) atoms. The number of nitrogens with zero attached hydrogens (tertiary/aromatic N) is 5. The minimum atomic E-state index is -0.630. The smallest absolute Gasteiger partial charge is 0.410 e. The molecule has 0 saturated carbocycles. The first-order valence-corrected chi connectivity index (χ1v) is 19.2. The first-order valence-electron chi connectivity index (χ1n) is 19.2. The van der Waals surface area contributed by atoms with Crippen LogP contribution in [0.15, 0.2) is 50.3 Å². The molecule has 0 saturated heterocycles. The summed E-state index contributed by atoms with van der Waals surface area (Å²) in [7, 11) is 0. The average Bonchev–Trinajstić information content (AvgIpc) is 3.09. The van der Waals surface area contributed by atoms with E-state index in [0.29, 0.717) is 63.1 Å². The number of hydrogen-bond donors (Lipinski definition) is 0. The van der Waals surface area contributed by atoms with Gasteiger partial charge in [0.05, 0.1) is 26.4 Å². The van der Waals surface area contributed by atoms with Crippen molar-refractivity contribution in [2.24, 2.45) is 31.8 Å². The third-order valence-corrected chi connectivity index (χ3v) is 9.21. The number of amides is 1. The molecule has 0 radical (unpaired) electrons. The van der Waals surface area contributed by atoms with Crippen LogP contribution >= 0.6 is 0 Å². The van der Waals surface area contributed by atoms with E-state index in [1.165, 1.54) is 0 Å². The first kappa shape index (κ1) is 41.8. The van der Waals surface area contributed by atoms with Crippen LogP contribution in [0.25, 0.3) is 0 Å². The molecular weight excluding hydrogens is 646 g/mol.